The maximum atomic E-state index is 12.5. The highest BCUT2D eigenvalue weighted by Crippen LogP contribution is 2.10. The molecule has 2 unspecified atom stereocenters. The van der Waals surface area contributed by atoms with Crippen LogP contribution in [0, 0.1) is 0 Å². The van der Waals surface area contributed by atoms with Crippen LogP contribution in [-0.2, 0) is 0 Å². The van der Waals surface area contributed by atoms with Gasteiger partial charge in [0.25, 0.3) is 5.91 Å². The Morgan fingerprint density at radius 3 is 2.52 bits per heavy atom. The van der Waals surface area contributed by atoms with Gasteiger partial charge in [0.2, 0.25) is 0 Å². The molecule has 0 saturated carbocycles. The monoisotopic (exact) mass is 285 g/mol. The van der Waals surface area contributed by atoms with Crippen LogP contribution in [0.4, 0.5) is 0 Å². The number of nitrogens with zero attached hydrogens (tertiary/aromatic N) is 4. The Kier molecular flexibility index (Phi) is 3.70. The Bertz CT molecular complexity index is 614. The number of carbonyl (C=O) groups is 1. The molecule has 0 spiro atoms. The van der Waals surface area contributed by atoms with Crippen LogP contribution in [0.3, 0.4) is 0 Å². The number of hydrogen-bond acceptors (Lipinski definition) is 4. The van der Waals surface area contributed by atoms with Crippen molar-refractivity contribution in [1.29, 1.82) is 0 Å². The highest BCUT2D eigenvalue weighted by Gasteiger charge is 2.27. The summed E-state index contributed by atoms with van der Waals surface area (Å²) < 4.78 is 0. The molecule has 1 fully saturated rings. The van der Waals surface area contributed by atoms with Crippen LogP contribution in [0.25, 0.3) is 5.69 Å². The number of carbonyl (C=O) groups excluding carboxylic acids is 1. The lowest BCUT2D eigenvalue weighted by Gasteiger charge is -2.35. The molecule has 1 aliphatic rings. The fourth-order valence-electron chi connectivity index (χ4n) is 2.70. The number of benzene rings is 1. The van der Waals surface area contributed by atoms with Crippen LogP contribution in [0.1, 0.15) is 24.3 Å². The van der Waals surface area contributed by atoms with E-state index in [2.05, 4.69) is 29.4 Å². The Morgan fingerprint density at radius 2 is 1.86 bits per heavy atom. The molecule has 1 N–H and O–H groups in total. The van der Waals surface area contributed by atoms with E-state index in [1.165, 1.54) is 11.0 Å². The average molecular weight is 285 g/mol. The third kappa shape index (κ3) is 2.95. The van der Waals surface area contributed by atoms with Crippen molar-refractivity contribution < 1.29 is 4.79 Å². The predicted molar refractivity (Wildman–Crippen MR) is 79.3 cm³/mol. The Labute approximate surface area is 123 Å². The van der Waals surface area contributed by atoms with Crippen LogP contribution >= 0.6 is 0 Å². The SMILES string of the molecule is CC1CN(C(=O)c2cnn(-c3ccccc3)n2)CC(C)N1. The lowest BCUT2D eigenvalue weighted by atomic mass is 10.1. The third-order valence-corrected chi connectivity index (χ3v) is 3.54. The Morgan fingerprint density at radius 1 is 1.19 bits per heavy atom. The molecule has 0 aliphatic carbocycles. The number of rotatable bonds is 2. The predicted octanol–water partition coefficient (Wildman–Crippen LogP) is 1.09. The minimum absolute atomic E-state index is 0.0580. The Hall–Kier alpha value is -2.21. The van der Waals surface area contributed by atoms with Crippen LogP contribution < -0.4 is 5.32 Å². The molecule has 2 aromatic rings. The van der Waals surface area contributed by atoms with Gasteiger partial charge in [0.1, 0.15) is 0 Å². The summed E-state index contributed by atoms with van der Waals surface area (Å²) in [4.78, 5) is 15.8. The molecule has 1 aromatic heterocycles. The van der Waals surface area contributed by atoms with Gasteiger partial charge in [-0.1, -0.05) is 18.2 Å². The normalized spacial score (nSPS) is 22.3. The van der Waals surface area contributed by atoms with E-state index >= 15 is 0 Å². The minimum atomic E-state index is -0.0580. The molecule has 2 heterocycles. The number of aromatic nitrogens is 3. The highest BCUT2D eigenvalue weighted by atomic mass is 16.2. The van der Waals surface area contributed by atoms with Gasteiger partial charge in [0.05, 0.1) is 11.9 Å². The number of amides is 1. The van der Waals surface area contributed by atoms with Gasteiger partial charge in [0, 0.05) is 25.2 Å². The maximum absolute atomic E-state index is 12.5. The average Bonchev–Trinajstić information content (AvgIpc) is 2.96. The maximum Gasteiger partial charge on any atom is 0.276 e. The summed E-state index contributed by atoms with van der Waals surface area (Å²) in [5, 5.41) is 11.9. The molecule has 2 atom stereocenters. The van der Waals surface area contributed by atoms with E-state index in [1.54, 1.807) is 0 Å². The zero-order valence-electron chi connectivity index (χ0n) is 12.2. The summed E-state index contributed by atoms with van der Waals surface area (Å²) in [6.07, 6.45) is 1.53. The van der Waals surface area contributed by atoms with Gasteiger partial charge in [0.15, 0.2) is 5.69 Å². The van der Waals surface area contributed by atoms with E-state index in [1.807, 2.05) is 35.2 Å². The first kappa shape index (κ1) is 13.8. The van der Waals surface area contributed by atoms with Gasteiger partial charge in [-0.05, 0) is 26.0 Å². The molecule has 1 aromatic carbocycles. The second-order valence-electron chi connectivity index (χ2n) is 5.53. The molecule has 0 bridgehead atoms. The molecule has 1 aliphatic heterocycles. The van der Waals surface area contributed by atoms with E-state index in [4.69, 9.17) is 0 Å². The van der Waals surface area contributed by atoms with E-state index < -0.39 is 0 Å². The van der Waals surface area contributed by atoms with E-state index in [9.17, 15) is 4.79 Å². The molecule has 1 amide bonds. The first-order valence-electron chi connectivity index (χ1n) is 7.16. The molecular weight excluding hydrogens is 266 g/mol. The topological polar surface area (TPSA) is 63.1 Å². The largest absolute Gasteiger partial charge is 0.334 e. The lowest BCUT2D eigenvalue weighted by molar-refractivity contribution is 0.0667. The molecule has 6 nitrogen and oxygen atoms in total. The molecule has 110 valence electrons. The molecule has 3 rings (SSSR count). The zero-order chi connectivity index (χ0) is 14.8. The summed E-state index contributed by atoms with van der Waals surface area (Å²) in [6, 6.07) is 10.2. The van der Waals surface area contributed by atoms with Crippen molar-refractivity contribution in [3.05, 3.63) is 42.2 Å². The lowest BCUT2D eigenvalue weighted by Crippen LogP contribution is -2.55. The van der Waals surface area contributed by atoms with E-state index in [-0.39, 0.29) is 5.91 Å². The first-order valence-corrected chi connectivity index (χ1v) is 7.16. The minimum Gasteiger partial charge on any atom is -0.334 e. The molecule has 21 heavy (non-hydrogen) atoms. The van der Waals surface area contributed by atoms with Crippen LogP contribution in [0.5, 0.6) is 0 Å². The number of para-hydroxylation sites is 1. The summed E-state index contributed by atoms with van der Waals surface area (Å²) in [7, 11) is 0. The summed E-state index contributed by atoms with van der Waals surface area (Å²) in [5.41, 5.74) is 1.23. The number of hydrogen-bond donors (Lipinski definition) is 1. The first-order chi connectivity index (χ1) is 10.1. The third-order valence-electron chi connectivity index (χ3n) is 3.54. The van der Waals surface area contributed by atoms with Crippen LogP contribution in [0.2, 0.25) is 0 Å². The van der Waals surface area contributed by atoms with Crippen molar-refractivity contribution in [3.8, 4) is 5.69 Å². The quantitative estimate of drug-likeness (QED) is 0.897. The summed E-state index contributed by atoms with van der Waals surface area (Å²) >= 11 is 0. The fourth-order valence-corrected chi connectivity index (χ4v) is 2.70. The number of piperazine rings is 1. The second kappa shape index (κ2) is 5.65. The molecular formula is C15H19N5O. The fraction of sp³-hybridized carbons (Fsp3) is 0.400. The van der Waals surface area contributed by atoms with Crippen molar-refractivity contribution in [2.75, 3.05) is 13.1 Å². The van der Waals surface area contributed by atoms with Crippen molar-refractivity contribution in [2.45, 2.75) is 25.9 Å². The molecule has 6 heteroatoms. The van der Waals surface area contributed by atoms with Crippen LogP contribution in [-0.4, -0.2) is 51.0 Å². The second-order valence-corrected chi connectivity index (χ2v) is 5.53. The van der Waals surface area contributed by atoms with Gasteiger partial charge < -0.3 is 10.2 Å². The summed E-state index contributed by atoms with van der Waals surface area (Å²) in [5.74, 6) is -0.0580. The van der Waals surface area contributed by atoms with Gasteiger partial charge in [-0.15, -0.1) is 5.10 Å². The summed E-state index contributed by atoms with van der Waals surface area (Å²) in [6.45, 7) is 5.55. The van der Waals surface area contributed by atoms with Gasteiger partial charge >= 0.3 is 0 Å². The van der Waals surface area contributed by atoms with E-state index in [0.717, 1.165) is 5.69 Å². The van der Waals surface area contributed by atoms with Crippen molar-refractivity contribution in [3.63, 3.8) is 0 Å². The Balaban J connectivity index is 1.78. The van der Waals surface area contributed by atoms with Crippen molar-refractivity contribution >= 4 is 5.91 Å². The number of nitrogens with one attached hydrogen (secondary N) is 1. The van der Waals surface area contributed by atoms with Crippen molar-refractivity contribution in [1.82, 2.24) is 25.2 Å². The zero-order valence-corrected chi connectivity index (χ0v) is 12.2. The van der Waals surface area contributed by atoms with Gasteiger partial charge in [-0.25, -0.2) is 0 Å². The standard InChI is InChI=1S/C15H19N5O/c1-11-9-19(10-12(2)17-11)15(21)14-8-16-20(18-14)13-6-4-3-5-7-13/h3-8,11-12,17H,9-10H2,1-2H3. The smallest absolute Gasteiger partial charge is 0.276 e. The van der Waals surface area contributed by atoms with E-state index in [0.29, 0.717) is 30.9 Å². The van der Waals surface area contributed by atoms with Gasteiger partial charge in [-0.3, -0.25) is 4.79 Å². The van der Waals surface area contributed by atoms with Crippen molar-refractivity contribution in [2.24, 2.45) is 0 Å². The highest BCUT2D eigenvalue weighted by molar-refractivity contribution is 5.92. The van der Waals surface area contributed by atoms with Gasteiger partial charge in [-0.2, -0.15) is 9.90 Å². The molecule has 0 radical (unpaired) electrons. The van der Waals surface area contributed by atoms with Crippen LogP contribution in [0.15, 0.2) is 36.5 Å². The molecule has 1 saturated heterocycles.